The Morgan fingerprint density at radius 3 is 1.14 bits per heavy atom. The molecular formula is C52H31N5. The highest BCUT2D eigenvalue weighted by Gasteiger charge is 2.53. The van der Waals surface area contributed by atoms with E-state index in [1.165, 1.54) is 33.4 Å². The van der Waals surface area contributed by atoms with Crippen molar-refractivity contribution in [2.24, 2.45) is 0 Å². The molecule has 0 atom stereocenters. The Kier molecular flexibility index (Phi) is 6.78. The third kappa shape index (κ3) is 4.48. The lowest BCUT2D eigenvalue weighted by atomic mass is 9.72. The van der Waals surface area contributed by atoms with Crippen molar-refractivity contribution in [3.05, 3.63) is 211 Å². The third-order valence-corrected chi connectivity index (χ3v) is 11.8. The summed E-state index contributed by atoms with van der Waals surface area (Å²) in [4.78, 5) is 26.4. The molecule has 0 saturated carbocycles. The fraction of sp³-hybridized carbons (Fsp3) is 0.0192. The number of hydrogen-bond acceptors (Lipinski definition) is 5. The van der Waals surface area contributed by atoms with Gasteiger partial charge in [0.05, 0.1) is 11.1 Å². The molecule has 2 aliphatic rings. The van der Waals surface area contributed by atoms with Crippen LogP contribution in [0.25, 0.3) is 89.4 Å². The second kappa shape index (κ2) is 12.2. The first kappa shape index (κ1) is 31.7. The van der Waals surface area contributed by atoms with E-state index in [4.69, 9.17) is 24.9 Å². The molecular weight excluding hydrogens is 695 g/mol. The van der Waals surface area contributed by atoms with E-state index in [9.17, 15) is 0 Å². The van der Waals surface area contributed by atoms with E-state index in [1.807, 2.05) is 60.7 Å². The zero-order chi connectivity index (χ0) is 37.5. The summed E-state index contributed by atoms with van der Waals surface area (Å²) in [6, 6.07) is 63.7. The van der Waals surface area contributed by atoms with Gasteiger partial charge in [0.2, 0.25) is 0 Å². The average Bonchev–Trinajstić information content (AvgIpc) is 3.75. The third-order valence-electron chi connectivity index (χ3n) is 11.8. The molecule has 2 aromatic heterocycles. The van der Waals surface area contributed by atoms with Crippen molar-refractivity contribution in [3.63, 3.8) is 0 Å². The van der Waals surface area contributed by atoms with Crippen LogP contribution in [0, 0.1) is 0 Å². The summed E-state index contributed by atoms with van der Waals surface area (Å²) in [5, 5.41) is 4.11. The van der Waals surface area contributed by atoms with Crippen molar-refractivity contribution in [2.75, 3.05) is 0 Å². The van der Waals surface area contributed by atoms with Crippen LogP contribution in [0.5, 0.6) is 0 Å². The Bertz CT molecular complexity index is 3070. The average molecular weight is 726 g/mol. The van der Waals surface area contributed by atoms with Crippen LogP contribution in [0.3, 0.4) is 0 Å². The normalized spacial score (nSPS) is 13.1. The van der Waals surface area contributed by atoms with Crippen molar-refractivity contribution in [1.29, 1.82) is 0 Å². The number of nitrogens with zero attached hydrogens (tertiary/aromatic N) is 5. The zero-order valence-corrected chi connectivity index (χ0v) is 30.6. The molecule has 0 aliphatic heterocycles. The molecule has 5 heteroatoms. The molecule has 8 aromatic carbocycles. The van der Waals surface area contributed by atoms with Crippen LogP contribution in [-0.2, 0) is 5.41 Å². The first-order chi connectivity index (χ1) is 28.3. The van der Waals surface area contributed by atoms with Crippen molar-refractivity contribution in [1.82, 2.24) is 24.9 Å². The van der Waals surface area contributed by atoms with Gasteiger partial charge < -0.3 is 0 Å². The van der Waals surface area contributed by atoms with Gasteiger partial charge in [0.1, 0.15) is 0 Å². The van der Waals surface area contributed by atoms with E-state index in [0.717, 1.165) is 55.1 Å². The largest absolute Gasteiger partial charge is 0.236 e. The van der Waals surface area contributed by atoms with Crippen LogP contribution < -0.4 is 0 Å². The molecule has 12 rings (SSSR count). The fourth-order valence-corrected chi connectivity index (χ4v) is 9.47. The Labute approximate surface area is 329 Å². The molecule has 1 spiro atoms. The van der Waals surface area contributed by atoms with Crippen molar-refractivity contribution in [2.45, 2.75) is 5.41 Å². The Hall–Kier alpha value is -7.63. The summed E-state index contributed by atoms with van der Waals surface area (Å²) in [7, 11) is 0. The maximum atomic E-state index is 5.73. The van der Waals surface area contributed by atoms with E-state index < -0.39 is 5.41 Å². The second-order valence-electron chi connectivity index (χ2n) is 14.7. The second-order valence-corrected chi connectivity index (χ2v) is 14.7. The Morgan fingerprint density at radius 2 is 0.667 bits per heavy atom. The molecule has 0 fully saturated rings. The first-order valence-corrected chi connectivity index (χ1v) is 19.3. The number of hydrogen-bond donors (Lipinski definition) is 0. The SMILES string of the molecule is c1ccc(-c2nc(-c3ccccc3)nc(-c3c4ccccc4c(-c4ncc5c(n4)C4(c6ccccc6-c6ccccc64)c4ccccc4-5)c4ccccc34)n2)cc1. The summed E-state index contributed by atoms with van der Waals surface area (Å²) in [5.74, 6) is 2.55. The quantitative estimate of drug-likeness (QED) is 0.169. The molecule has 10 aromatic rings. The van der Waals surface area contributed by atoms with Gasteiger partial charge in [-0.3, -0.25) is 0 Å². The smallest absolute Gasteiger partial charge is 0.165 e. The Morgan fingerprint density at radius 1 is 0.298 bits per heavy atom. The standard InChI is InChI=1S/C52H31N5/c1-3-17-32(18-4-1)48-55-49(33-19-5-2-6-20-33)57-51(56-48)46-39-26-9-7-24-37(39)45(38-25-8-10-27-40(38)46)50-53-31-41-36-23-13-16-30-44(36)52(47(41)54-50)42-28-14-11-21-34(42)35-22-12-15-29-43(35)52/h1-31H. The van der Waals surface area contributed by atoms with E-state index >= 15 is 0 Å². The van der Waals surface area contributed by atoms with E-state index in [0.29, 0.717) is 23.3 Å². The lowest BCUT2D eigenvalue weighted by molar-refractivity contribution is 0.758. The molecule has 5 nitrogen and oxygen atoms in total. The van der Waals surface area contributed by atoms with E-state index in [2.05, 4.69) is 128 Å². The van der Waals surface area contributed by atoms with Crippen molar-refractivity contribution >= 4 is 21.5 Å². The van der Waals surface area contributed by atoms with Crippen LogP contribution in [0.15, 0.2) is 188 Å². The van der Waals surface area contributed by atoms with E-state index in [1.54, 1.807) is 0 Å². The van der Waals surface area contributed by atoms with Gasteiger partial charge in [-0.1, -0.05) is 182 Å². The van der Waals surface area contributed by atoms with Gasteiger partial charge in [-0.15, -0.1) is 0 Å². The molecule has 264 valence electrons. The molecule has 0 bridgehead atoms. The number of aromatic nitrogens is 5. The maximum absolute atomic E-state index is 5.73. The van der Waals surface area contributed by atoms with Crippen molar-refractivity contribution in [3.8, 4) is 67.8 Å². The monoisotopic (exact) mass is 725 g/mol. The molecule has 2 heterocycles. The van der Waals surface area contributed by atoms with E-state index in [-0.39, 0.29) is 0 Å². The topological polar surface area (TPSA) is 64.5 Å². The Balaban J connectivity index is 1.15. The van der Waals surface area contributed by atoms with Gasteiger partial charge in [-0.25, -0.2) is 24.9 Å². The summed E-state index contributed by atoms with van der Waals surface area (Å²) in [5.41, 5.74) is 12.7. The molecule has 0 radical (unpaired) electrons. The predicted molar refractivity (Wildman–Crippen MR) is 228 cm³/mol. The van der Waals surface area contributed by atoms with Crippen molar-refractivity contribution < 1.29 is 0 Å². The molecule has 2 aliphatic carbocycles. The maximum Gasteiger partial charge on any atom is 0.165 e. The lowest BCUT2D eigenvalue weighted by Gasteiger charge is -2.29. The van der Waals surface area contributed by atoms with Gasteiger partial charge in [-0.05, 0) is 54.9 Å². The molecule has 0 unspecified atom stereocenters. The lowest BCUT2D eigenvalue weighted by Crippen LogP contribution is -2.27. The highest BCUT2D eigenvalue weighted by molar-refractivity contribution is 6.20. The van der Waals surface area contributed by atoms with Gasteiger partial charge in [-0.2, -0.15) is 0 Å². The van der Waals surface area contributed by atoms with Crippen LogP contribution in [0.1, 0.15) is 22.4 Å². The molecule has 0 saturated heterocycles. The van der Waals surface area contributed by atoms with Gasteiger partial charge in [0.15, 0.2) is 23.3 Å². The van der Waals surface area contributed by atoms with Crippen LogP contribution in [-0.4, -0.2) is 24.9 Å². The minimum absolute atomic E-state index is 0.574. The number of rotatable bonds is 4. The van der Waals surface area contributed by atoms with Gasteiger partial charge in [0, 0.05) is 34.0 Å². The predicted octanol–water partition coefficient (Wildman–Crippen LogP) is 12.0. The fourth-order valence-electron chi connectivity index (χ4n) is 9.47. The summed E-state index contributed by atoms with van der Waals surface area (Å²) in [6.07, 6.45) is 2.05. The minimum Gasteiger partial charge on any atom is -0.236 e. The summed E-state index contributed by atoms with van der Waals surface area (Å²) < 4.78 is 0. The number of benzene rings is 8. The highest BCUT2D eigenvalue weighted by Crippen LogP contribution is 2.62. The van der Waals surface area contributed by atoms with Crippen LogP contribution in [0.2, 0.25) is 0 Å². The zero-order valence-electron chi connectivity index (χ0n) is 30.6. The van der Waals surface area contributed by atoms with Crippen LogP contribution >= 0.6 is 0 Å². The first-order valence-electron chi connectivity index (χ1n) is 19.3. The molecule has 0 N–H and O–H groups in total. The minimum atomic E-state index is -0.574. The number of fused-ring (bicyclic) bond motifs is 12. The molecule has 0 amide bonds. The van der Waals surface area contributed by atoms with Gasteiger partial charge in [0.25, 0.3) is 0 Å². The van der Waals surface area contributed by atoms with Crippen LogP contribution in [0.4, 0.5) is 0 Å². The molecule has 57 heavy (non-hydrogen) atoms. The summed E-state index contributed by atoms with van der Waals surface area (Å²) in [6.45, 7) is 0. The highest BCUT2D eigenvalue weighted by atomic mass is 15.0. The van der Waals surface area contributed by atoms with Gasteiger partial charge >= 0.3 is 0 Å². The summed E-state index contributed by atoms with van der Waals surface area (Å²) >= 11 is 0.